The SMILES string of the molecule is CNc1cc(C(=O)NCCC(C)C)nc2ccccc12. The number of hydrogen-bond donors (Lipinski definition) is 2. The van der Waals surface area contributed by atoms with Crippen molar-refractivity contribution in [1.82, 2.24) is 10.3 Å². The van der Waals surface area contributed by atoms with Crippen LogP contribution in [0.5, 0.6) is 0 Å². The van der Waals surface area contributed by atoms with Crippen LogP contribution in [0, 0.1) is 5.92 Å². The van der Waals surface area contributed by atoms with Crippen molar-refractivity contribution < 1.29 is 4.79 Å². The average Bonchev–Trinajstić information content (AvgIpc) is 2.45. The third-order valence-corrected chi connectivity index (χ3v) is 3.23. The quantitative estimate of drug-likeness (QED) is 0.878. The van der Waals surface area contributed by atoms with Gasteiger partial charge in [0.1, 0.15) is 5.69 Å². The van der Waals surface area contributed by atoms with E-state index in [1.165, 1.54) is 0 Å². The number of aromatic nitrogens is 1. The number of carbonyl (C=O) groups is 1. The van der Waals surface area contributed by atoms with Gasteiger partial charge in [0.2, 0.25) is 0 Å². The normalized spacial score (nSPS) is 10.8. The third-order valence-electron chi connectivity index (χ3n) is 3.23. The fourth-order valence-corrected chi connectivity index (χ4v) is 2.06. The molecule has 2 rings (SSSR count). The molecule has 20 heavy (non-hydrogen) atoms. The Labute approximate surface area is 119 Å². The van der Waals surface area contributed by atoms with Crippen LogP contribution in [0.2, 0.25) is 0 Å². The van der Waals surface area contributed by atoms with Crippen molar-refractivity contribution in [1.29, 1.82) is 0 Å². The molecule has 0 aliphatic rings. The molecule has 0 aliphatic carbocycles. The number of amides is 1. The van der Waals surface area contributed by atoms with Crippen LogP contribution in [-0.4, -0.2) is 24.5 Å². The van der Waals surface area contributed by atoms with Gasteiger partial charge >= 0.3 is 0 Å². The Morgan fingerprint density at radius 2 is 2.05 bits per heavy atom. The fourth-order valence-electron chi connectivity index (χ4n) is 2.06. The van der Waals surface area contributed by atoms with E-state index in [2.05, 4.69) is 29.5 Å². The highest BCUT2D eigenvalue weighted by molar-refractivity contribution is 5.99. The summed E-state index contributed by atoms with van der Waals surface area (Å²) in [5.74, 6) is 0.459. The van der Waals surface area contributed by atoms with Gasteiger partial charge in [0.25, 0.3) is 5.91 Å². The van der Waals surface area contributed by atoms with Crippen LogP contribution < -0.4 is 10.6 Å². The van der Waals surface area contributed by atoms with E-state index in [0.717, 1.165) is 23.0 Å². The number of nitrogens with zero attached hydrogens (tertiary/aromatic N) is 1. The second-order valence-corrected chi connectivity index (χ2v) is 5.26. The molecule has 0 atom stereocenters. The maximum Gasteiger partial charge on any atom is 0.269 e. The van der Waals surface area contributed by atoms with Crippen LogP contribution in [0.1, 0.15) is 30.8 Å². The Kier molecular flexibility index (Phi) is 4.56. The summed E-state index contributed by atoms with van der Waals surface area (Å²) in [7, 11) is 1.85. The Morgan fingerprint density at radius 1 is 1.30 bits per heavy atom. The summed E-state index contributed by atoms with van der Waals surface area (Å²) >= 11 is 0. The highest BCUT2D eigenvalue weighted by atomic mass is 16.1. The molecule has 0 fully saturated rings. The van der Waals surface area contributed by atoms with Crippen molar-refractivity contribution in [3.8, 4) is 0 Å². The number of carbonyl (C=O) groups excluding carboxylic acids is 1. The van der Waals surface area contributed by atoms with Gasteiger partial charge in [0.05, 0.1) is 5.52 Å². The van der Waals surface area contributed by atoms with E-state index in [-0.39, 0.29) is 5.91 Å². The summed E-state index contributed by atoms with van der Waals surface area (Å²) in [6.45, 7) is 4.96. The molecule has 0 unspecified atom stereocenters. The zero-order chi connectivity index (χ0) is 14.5. The van der Waals surface area contributed by atoms with Gasteiger partial charge in [0.15, 0.2) is 0 Å². The van der Waals surface area contributed by atoms with Gasteiger partial charge in [-0.25, -0.2) is 4.98 Å². The molecule has 106 valence electrons. The molecular weight excluding hydrogens is 250 g/mol. The summed E-state index contributed by atoms with van der Waals surface area (Å²) in [4.78, 5) is 16.6. The highest BCUT2D eigenvalue weighted by Gasteiger charge is 2.11. The van der Waals surface area contributed by atoms with Crippen molar-refractivity contribution in [2.24, 2.45) is 5.92 Å². The topological polar surface area (TPSA) is 54.0 Å². The molecule has 1 amide bonds. The zero-order valence-corrected chi connectivity index (χ0v) is 12.2. The van der Waals surface area contributed by atoms with Crippen molar-refractivity contribution in [2.45, 2.75) is 20.3 Å². The van der Waals surface area contributed by atoms with Gasteiger partial charge in [0, 0.05) is 24.7 Å². The average molecular weight is 271 g/mol. The molecule has 1 heterocycles. The fraction of sp³-hybridized carbons (Fsp3) is 0.375. The maximum absolute atomic E-state index is 12.1. The predicted molar refractivity (Wildman–Crippen MR) is 83.1 cm³/mol. The Hall–Kier alpha value is -2.10. The molecule has 1 aromatic carbocycles. The molecule has 0 spiro atoms. The van der Waals surface area contributed by atoms with E-state index in [1.807, 2.05) is 31.3 Å². The monoisotopic (exact) mass is 271 g/mol. The van der Waals surface area contributed by atoms with E-state index >= 15 is 0 Å². The number of fused-ring (bicyclic) bond motifs is 1. The van der Waals surface area contributed by atoms with Crippen LogP contribution in [0.25, 0.3) is 10.9 Å². The smallest absolute Gasteiger partial charge is 0.269 e. The standard InChI is InChI=1S/C16H21N3O/c1-11(2)8-9-18-16(20)15-10-14(17-3)12-6-4-5-7-13(12)19-15/h4-7,10-11H,8-9H2,1-3H3,(H,17,19)(H,18,20). The summed E-state index contributed by atoms with van der Waals surface area (Å²) in [6, 6.07) is 9.60. The number of nitrogens with one attached hydrogen (secondary N) is 2. The highest BCUT2D eigenvalue weighted by Crippen LogP contribution is 2.22. The van der Waals surface area contributed by atoms with Crippen molar-refractivity contribution in [3.63, 3.8) is 0 Å². The lowest BCUT2D eigenvalue weighted by Crippen LogP contribution is -2.26. The molecule has 4 heteroatoms. The second-order valence-electron chi connectivity index (χ2n) is 5.26. The number of anilines is 1. The van der Waals surface area contributed by atoms with Gasteiger partial charge in [-0.3, -0.25) is 4.79 Å². The predicted octanol–water partition coefficient (Wildman–Crippen LogP) is 3.05. The second kappa shape index (κ2) is 6.37. The third kappa shape index (κ3) is 3.26. The molecule has 0 saturated heterocycles. The first-order chi connectivity index (χ1) is 9.61. The van der Waals surface area contributed by atoms with Crippen LogP contribution in [0.3, 0.4) is 0 Å². The van der Waals surface area contributed by atoms with E-state index in [1.54, 1.807) is 6.07 Å². The van der Waals surface area contributed by atoms with Crippen molar-refractivity contribution in [2.75, 3.05) is 18.9 Å². The minimum atomic E-state index is -0.118. The summed E-state index contributed by atoms with van der Waals surface area (Å²) in [5, 5.41) is 7.06. The molecule has 0 bridgehead atoms. The lowest BCUT2D eigenvalue weighted by atomic mass is 10.1. The van der Waals surface area contributed by atoms with E-state index in [4.69, 9.17) is 0 Å². The maximum atomic E-state index is 12.1. The summed E-state index contributed by atoms with van der Waals surface area (Å²) < 4.78 is 0. The molecule has 2 N–H and O–H groups in total. The molecule has 0 aliphatic heterocycles. The van der Waals surface area contributed by atoms with Crippen LogP contribution in [0.15, 0.2) is 30.3 Å². The largest absolute Gasteiger partial charge is 0.388 e. The lowest BCUT2D eigenvalue weighted by molar-refractivity contribution is 0.0947. The minimum absolute atomic E-state index is 0.118. The Balaban J connectivity index is 2.23. The minimum Gasteiger partial charge on any atom is -0.388 e. The number of hydrogen-bond acceptors (Lipinski definition) is 3. The number of para-hydroxylation sites is 1. The first kappa shape index (κ1) is 14.3. The molecule has 4 nitrogen and oxygen atoms in total. The van der Waals surface area contributed by atoms with Crippen molar-refractivity contribution in [3.05, 3.63) is 36.0 Å². The summed E-state index contributed by atoms with van der Waals surface area (Å²) in [5.41, 5.74) is 2.20. The molecular formula is C16H21N3O. The van der Waals surface area contributed by atoms with E-state index in [0.29, 0.717) is 18.2 Å². The Morgan fingerprint density at radius 3 is 2.75 bits per heavy atom. The van der Waals surface area contributed by atoms with Gasteiger partial charge < -0.3 is 10.6 Å². The number of rotatable bonds is 5. The van der Waals surface area contributed by atoms with Crippen LogP contribution >= 0.6 is 0 Å². The van der Waals surface area contributed by atoms with E-state index in [9.17, 15) is 4.79 Å². The number of benzene rings is 1. The van der Waals surface area contributed by atoms with Gasteiger partial charge in [-0.1, -0.05) is 32.0 Å². The van der Waals surface area contributed by atoms with Gasteiger partial charge in [-0.05, 0) is 24.5 Å². The zero-order valence-electron chi connectivity index (χ0n) is 12.2. The van der Waals surface area contributed by atoms with Gasteiger partial charge in [-0.2, -0.15) is 0 Å². The lowest BCUT2D eigenvalue weighted by Gasteiger charge is -2.10. The molecule has 1 aromatic heterocycles. The van der Waals surface area contributed by atoms with Crippen LogP contribution in [0.4, 0.5) is 5.69 Å². The van der Waals surface area contributed by atoms with Crippen LogP contribution in [-0.2, 0) is 0 Å². The molecule has 0 radical (unpaired) electrons. The first-order valence-electron chi connectivity index (χ1n) is 6.97. The first-order valence-corrected chi connectivity index (χ1v) is 6.97. The Bertz CT molecular complexity index is 608. The van der Waals surface area contributed by atoms with E-state index < -0.39 is 0 Å². The van der Waals surface area contributed by atoms with Crippen molar-refractivity contribution >= 4 is 22.5 Å². The van der Waals surface area contributed by atoms with Gasteiger partial charge in [-0.15, -0.1) is 0 Å². The molecule has 0 saturated carbocycles. The summed E-state index contributed by atoms with van der Waals surface area (Å²) in [6.07, 6.45) is 0.970. The number of pyridine rings is 1. The molecule has 2 aromatic rings.